The summed E-state index contributed by atoms with van der Waals surface area (Å²) in [7, 11) is 1.71. The third-order valence-electron chi connectivity index (χ3n) is 5.13. The van der Waals surface area contributed by atoms with E-state index in [0.717, 1.165) is 53.7 Å². The average Bonchev–Trinajstić information content (AvgIpc) is 2.71. The number of nitrogens with one attached hydrogen (secondary N) is 1. The molecule has 3 heterocycles. The molecule has 2 aromatic heterocycles. The van der Waals surface area contributed by atoms with E-state index in [4.69, 9.17) is 15.5 Å². The molecular weight excluding hydrogens is 340 g/mol. The van der Waals surface area contributed by atoms with Crippen LogP contribution < -0.4 is 11.3 Å². The van der Waals surface area contributed by atoms with Crippen molar-refractivity contribution in [3.63, 3.8) is 0 Å². The number of pyridine rings is 2. The fourth-order valence-electron chi connectivity index (χ4n) is 3.80. The lowest BCUT2D eigenvalue weighted by atomic mass is 9.90. The summed E-state index contributed by atoms with van der Waals surface area (Å²) >= 11 is 0. The Kier molecular flexibility index (Phi) is 4.73. The maximum Gasteiger partial charge on any atom is 0.258 e. The van der Waals surface area contributed by atoms with Gasteiger partial charge in [-0.2, -0.15) is 0 Å². The molecule has 0 amide bonds. The van der Waals surface area contributed by atoms with Crippen LogP contribution in [0.2, 0.25) is 0 Å². The number of hydrogen-bond donors (Lipinski definition) is 2. The van der Waals surface area contributed by atoms with Gasteiger partial charge in [-0.3, -0.25) is 14.8 Å². The zero-order valence-corrected chi connectivity index (χ0v) is 15.2. The number of aliphatic imine (C=N–C) groups is 1. The Hall–Kier alpha value is -2.99. The third kappa shape index (κ3) is 3.13. The molecule has 6 nitrogen and oxygen atoms in total. The van der Waals surface area contributed by atoms with Gasteiger partial charge >= 0.3 is 0 Å². The molecule has 1 aliphatic rings. The molecule has 27 heavy (non-hydrogen) atoms. The second kappa shape index (κ2) is 7.32. The van der Waals surface area contributed by atoms with Gasteiger partial charge in [0.25, 0.3) is 5.56 Å². The number of allylic oxidation sites excluding steroid dienone is 1. The molecule has 0 radical (unpaired) electrons. The molecule has 1 aromatic carbocycles. The standard InChI is InChI=1S/C21H22N4O2/c1-23-12-15(11-22)14-2-3-16-17(10-14)19-18(4-7-24-21(19)26)25-20(16)13-5-8-27-9-6-13/h2-4,7,10-13H,5-6,8-9,22H2,1H3,(H,24,26)/b15-11+,23-12?. The van der Waals surface area contributed by atoms with Crippen molar-refractivity contribution in [3.8, 4) is 0 Å². The van der Waals surface area contributed by atoms with Crippen LogP contribution in [0, 0.1) is 0 Å². The average molecular weight is 362 g/mol. The highest BCUT2D eigenvalue weighted by molar-refractivity contribution is 6.13. The molecule has 0 spiro atoms. The zero-order valence-electron chi connectivity index (χ0n) is 15.2. The normalized spacial score (nSPS) is 16.6. The molecule has 0 bridgehead atoms. The van der Waals surface area contributed by atoms with Crippen molar-refractivity contribution in [1.82, 2.24) is 9.97 Å². The van der Waals surface area contributed by atoms with Crippen LogP contribution >= 0.6 is 0 Å². The fraction of sp³-hybridized carbons (Fsp3) is 0.286. The van der Waals surface area contributed by atoms with Gasteiger partial charge in [0.1, 0.15) is 0 Å². The van der Waals surface area contributed by atoms with Crippen molar-refractivity contribution in [1.29, 1.82) is 0 Å². The predicted molar refractivity (Wildman–Crippen MR) is 109 cm³/mol. The van der Waals surface area contributed by atoms with Crippen LogP contribution in [-0.4, -0.2) is 36.4 Å². The van der Waals surface area contributed by atoms with E-state index in [1.54, 1.807) is 19.5 Å². The van der Waals surface area contributed by atoms with Crippen LogP contribution in [0.5, 0.6) is 0 Å². The highest BCUT2D eigenvalue weighted by Gasteiger charge is 2.22. The predicted octanol–water partition coefficient (Wildman–Crippen LogP) is 2.97. The quantitative estimate of drug-likeness (QED) is 0.553. The molecule has 1 aliphatic heterocycles. The summed E-state index contributed by atoms with van der Waals surface area (Å²) in [6, 6.07) is 7.92. The second-order valence-corrected chi connectivity index (χ2v) is 6.72. The Morgan fingerprint density at radius 1 is 1.30 bits per heavy atom. The molecule has 4 rings (SSSR count). The van der Waals surface area contributed by atoms with Gasteiger partial charge in [0.05, 0.1) is 16.6 Å². The van der Waals surface area contributed by atoms with Crippen LogP contribution in [0.15, 0.2) is 46.4 Å². The fourth-order valence-corrected chi connectivity index (χ4v) is 3.80. The lowest BCUT2D eigenvalue weighted by Gasteiger charge is -2.23. The first-order chi connectivity index (χ1) is 13.2. The van der Waals surface area contributed by atoms with Gasteiger partial charge in [-0.05, 0) is 35.9 Å². The number of nitrogens with zero attached hydrogens (tertiary/aromatic N) is 2. The number of aromatic nitrogens is 2. The van der Waals surface area contributed by atoms with Crippen LogP contribution in [0.1, 0.15) is 30.0 Å². The van der Waals surface area contributed by atoms with E-state index in [2.05, 4.69) is 9.98 Å². The summed E-state index contributed by atoms with van der Waals surface area (Å²) in [6.07, 6.45) is 6.77. The maximum absolute atomic E-state index is 12.6. The van der Waals surface area contributed by atoms with E-state index in [9.17, 15) is 4.79 Å². The molecule has 1 saturated heterocycles. The zero-order chi connectivity index (χ0) is 18.8. The van der Waals surface area contributed by atoms with Crippen LogP contribution in [0.4, 0.5) is 0 Å². The Balaban J connectivity index is 2.04. The minimum atomic E-state index is -0.136. The molecule has 0 unspecified atom stereocenters. The Morgan fingerprint density at radius 3 is 2.85 bits per heavy atom. The number of fused-ring (bicyclic) bond motifs is 3. The first-order valence-corrected chi connectivity index (χ1v) is 9.10. The van der Waals surface area contributed by atoms with Gasteiger partial charge in [-0.1, -0.05) is 12.1 Å². The number of H-pyrrole nitrogens is 1. The van der Waals surface area contributed by atoms with Crippen LogP contribution in [-0.2, 0) is 4.74 Å². The summed E-state index contributed by atoms with van der Waals surface area (Å²) in [5.41, 5.74) is 9.13. The van der Waals surface area contributed by atoms with Crippen molar-refractivity contribution in [2.45, 2.75) is 18.8 Å². The summed E-state index contributed by atoms with van der Waals surface area (Å²) in [5.74, 6) is 0.331. The first kappa shape index (κ1) is 17.4. The van der Waals surface area contributed by atoms with E-state index in [-0.39, 0.29) is 5.56 Å². The largest absolute Gasteiger partial charge is 0.404 e. The van der Waals surface area contributed by atoms with Gasteiger partial charge in [-0.15, -0.1) is 0 Å². The Bertz CT molecular complexity index is 1110. The van der Waals surface area contributed by atoms with E-state index in [1.165, 1.54) is 6.20 Å². The molecule has 3 N–H and O–H groups in total. The Morgan fingerprint density at radius 2 is 2.11 bits per heavy atom. The van der Waals surface area contributed by atoms with Crippen LogP contribution in [0.3, 0.4) is 0 Å². The highest BCUT2D eigenvalue weighted by atomic mass is 16.5. The summed E-state index contributed by atoms with van der Waals surface area (Å²) < 4.78 is 5.51. The molecule has 3 aromatic rings. The number of hydrogen-bond acceptors (Lipinski definition) is 5. The third-order valence-corrected chi connectivity index (χ3v) is 5.13. The topological polar surface area (TPSA) is 93.4 Å². The second-order valence-electron chi connectivity index (χ2n) is 6.72. The molecular formula is C21H22N4O2. The van der Waals surface area contributed by atoms with Gasteiger partial charge < -0.3 is 15.5 Å². The summed E-state index contributed by atoms with van der Waals surface area (Å²) in [6.45, 7) is 1.48. The highest BCUT2D eigenvalue weighted by Crippen LogP contribution is 2.34. The van der Waals surface area contributed by atoms with Gasteiger partial charge in [0.15, 0.2) is 0 Å². The maximum atomic E-state index is 12.6. The minimum absolute atomic E-state index is 0.136. The minimum Gasteiger partial charge on any atom is -0.404 e. The van der Waals surface area contributed by atoms with E-state index in [0.29, 0.717) is 16.8 Å². The molecule has 0 saturated carbocycles. The van der Waals surface area contributed by atoms with Gasteiger partial charge in [0, 0.05) is 55.8 Å². The van der Waals surface area contributed by atoms with Crippen molar-refractivity contribution >= 4 is 33.5 Å². The molecule has 0 atom stereocenters. The number of aromatic amines is 1. The van der Waals surface area contributed by atoms with Gasteiger partial charge in [-0.25, -0.2) is 0 Å². The Labute approximate surface area is 156 Å². The van der Waals surface area contributed by atoms with Crippen molar-refractivity contribution in [2.24, 2.45) is 10.7 Å². The molecule has 1 fully saturated rings. The van der Waals surface area contributed by atoms with E-state index < -0.39 is 0 Å². The van der Waals surface area contributed by atoms with Crippen molar-refractivity contribution in [2.75, 3.05) is 20.3 Å². The monoisotopic (exact) mass is 362 g/mol. The molecule has 0 aliphatic carbocycles. The smallest absolute Gasteiger partial charge is 0.258 e. The van der Waals surface area contributed by atoms with Gasteiger partial charge in [0.2, 0.25) is 0 Å². The van der Waals surface area contributed by atoms with E-state index >= 15 is 0 Å². The van der Waals surface area contributed by atoms with E-state index in [1.807, 2.05) is 24.3 Å². The first-order valence-electron chi connectivity index (χ1n) is 9.10. The van der Waals surface area contributed by atoms with Crippen LogP contribution in [0.25, 0.3) is 27.2 Å². The lowest BCUT2D eigenvalue weighted by Crippen LogP contribution is -2.16. The number of ether oxygens (including phenoxy) is 1. The van der Waals surface area contributed by atoms with Crippen molar-refractivity contribution in [3.05, 3.63) is 58.3 Å². The summed E-state index contributed by atoms with van der Waals surface area (Å²) in [5, 5.41) is 2.51. The lowest BCUT2D eigenvalue weighted by molar-refractivity contribution is 0.0849. The number of rotatable bonds is 3. The molecule has 6 heteroatoms. The SMILES string of the molecule is CN=C/C(=C\N)c1ccc2c(C3CCOCC3)nc3cc[nH]c(=O)c3c2c1. The van der Waals surface area contributed by atoms with Crippen molar-refractivity contribution < 1.29 is 4.74 Å². The number of nitrogens with two attached hydrogens (primary N) is 1. The molecule has 138 valence electrons. The summed E-state index contributed by atoms with van der Waals surface area (Å²) in [4.78, 5) is 24.3. The number of benzene rings is 1.